The van der Waals surface area contributed by atoms with Crippen LogP contribution in [0, 0.1) is 0 Å². The summed E-state index contributed by atoms with van der Waals surface area (Å²) in [6, 6.07) is 4.50. The molecule has 0 atom stereocenters. The molecule has 0 aliphatic carbocycles. The van der Waals surface area contributed by atoms with Gasteiger partial charge in [-0.3, -0.25) is 0 Å². The van der Waals surface area contributed by atoms with E-state index in [-0.39, 0.29) is 5.75 Å². The Balaban J connectivity index is 2.39. The van der Waals surface area contributed by atoms with E-state index >= 15 is 0 Å². The highest BCUT2D eigenvalue weighted by atomic mass is 19.4. The van der Waals surface area contributed by atoms with Gasteiger partial charge in [0.25, 0.3) is 0 Å². The summed E-state index contributed by atoms with van der Waals surface area (Å²) in [6.07, 6.45) is -3.94. The van der Waals surface area contributed by atoms with Crippen molar-refractivity contribution in [3.8, 4) is 5.75 Å². The summed E-state index contributed by atoms with van der Waals surface area (Å²) < 4.78 is 39.6. The van der Waals surface area contributed by atoms with E-state index < -0.39 is 12.4 Å². The maximum Gasteiger partial charge on any atom is 0.573 e. The molecule has 0 aliphatic heterocycles. The molecule has 1 aromatic rings. The number of hydrogen-bond acceptors (Lipinski definition) is 3. The van der Waals surface area contributed by atoms with Crippen LogP contribution >= 0.6 is 0 Å². The molecule has 0 fully saturated rings. The number of alkyl halides is 3. The van der Waals surface area contributed by atoms with Gasteiger partial charge in [-0.25, -0.2) is 4.79 Å². The van der Waals surface area contributed by atoms with Crippen molar-refractivity contribution < 1.29 is 22.7 Å². The van der Waals surface area contributed by atoms with Crippen LogP contribution in [0.25, 0.3) is 0 Å². The van der Waals surface area contributed by atoms with Crippen molar-refractivity contribution in [3.63, 3.8) is 0 Å². The number of ether oxygens (including phenoxy) is 1. The number of carbonyl (C=O) groups is 1. The number of hydrogen-bond donors (Lipinski definition) is 3. The predicted molar refractivity (Wildman–Crippen MR) is 68.7 cm³/mol. The molecule has 0 bridgehead atoms. The van der Waals surface area contributed by atoms with E-state index in [0.717, 1.165) is 25.1 Å². The summed E-state index contributed by atoms with van der Waals surface area (Å²) in [5.41, 5.74) is 0.380. The first-order valence-corrected chi connectivity index (χ1v) is 5.96. The number of carbonyl (C=O) groups excluding carboxylic acids is 1. The van der Waals surface area contributed by atoms with E-state index in [0.29, 0.717) is 12.2 Å². The molecule has 0 saturated heterocycles. The van der Waals surface area contributed by atoms with Gasteiger partial charge in [-0.05, 0) is 44.3 Å². The first-order chi connectivity index (χ1) is 9.40. The molecule has 0 spiro atoms. The van der Waals surface area contributed by atoms with Crippen LogP contribution in [0.1, 0.15) is 6.42 Å². The van der Waals surface area contributed by atoms with E-state index in [1.807, 2.05) is 7.05 Å². The van der Waals surface area contributed by atoms with Gasteiger partial charge in [0.15, 0.2) is 0 Å². The van der Waals surface area contributed by atoms with E-state index in [2.05, 4.69) is 20.7 Å². The minimum absolute atomic E-state index is 0.336. The van der Waals surface area contributed by atoms with Crippen LogP contribution in [0.4, 0.5) is 23.7 Å². The van der Waals surface area contributed by atoms with Crippen LogP contribution in [-0.4, -0.2) is 32.5 Å². The summed E-state index contributed by atoms with van der Waals surface area (Å²) in [6.45, 7) is 1.28. The summed E-state index contributed by atoms with van der Waals surface area (Å²) in [7, 11) is 1.81. The molecule has 2 amide bonds. The van der Waals surface area contributed by atoms with E-state index in [1.54, 1.807) is 0 Å². The molecule has 8 heteroatoms. The number of amides is 2. The Labute approximate surface area is 114 Å². The third-order valence-corrected chi connectivity index (χ3v) is 2.23. The second-order valence-corrected chi connectivity index (χ2v) is 3.91. The number of rotatable bonds is 6. The molecule has 0 unspecified atom stereocenters. The fraction of sp³-hybridized carbons (Fsp3) is 0.417. The maximum atomic E-state index is 11.9. The zero-order chi connectivity index (χ0) is 15.0. The molecule has 0 saturated carbocycles. The molecule has 0 aliphatic rings. The summed E-state index contributed by atoms with van der Waals surface area (Å²) >= 11 is 0. The smallest absolute Gasteiger partial charge is 0.406 e. The average molecular weight is 291 g/mol. The van der Waals surface area contributed by atoms with Crippen molar-refractivity contribution in [2.24, 2.45) is 0 Å². The lowest BCUT2D eigenvalue weighted by atomic mass is 10.3. The molecule has 1 rings (SSSR count). The normalized spacial score (nSPS) is 11.0. The molecule has 1 aromatic carbocycles. The Morgan fingerprint density at radius 1 is 1.20 bits per heavy atom. The number of benzene rings is 1. The van der Waals surface area contributed by atoms with Crippen molar-refractivity contribution >= 4 is 11.7 Å². The highest BCUT2D eigenvalue weighted by Gasteiger charge is 2.30. The van der Waals surface area contributed by atoms with Crippen molar-refractivity contribution in [1.82, 2.24) is 10.6 Å². The Hall–Kier alpha value is -1.96. The van der Waals surface area contributed by atoms with Crippen molar-refractivity contribution in [3.05, 3.63) is 24.3 Å². The topological polar surface area (TPSA) is 62.4 Å². The Morgan fingerprint density at radius 3 is 2.40 bits per heavy atom. The van der Waals surface area contributed by atoms with Gasteiger partial charge in [0, 0.05) is 12.2 Å². The van der Waals surface area contributed by atoms with E-state index in [4.69, 9.17) is 0 Å². The summed E-state index contributed by atoms with van der Waals surface area (Å²) in [5.74, 6) is -0.336. The lowest BCUT2D eigenvalue weighted by Gasteiger charge is -2.10. The first-order valence-electron chi connectivity index (χ1n) is 5.96. The van der Waals surface area contributed by atoms with Crippen LogP contribution in [0.15, 0.2) is 24.3 Å². The molecule has 0 aromatic heterocycles. The largest absolute Gasteiger partial charge is 0.573 e. The maximum absolute atomic E-state index is 11.9. The van der Waals surface area contributed by atoms with Gasteiger partial charge < -0.3 is 20.7 Å². The van der Waals surface area contributed by atoms with Crippen LogP contribution < -0.4 is 20.7 Å². The van der Waals surface area contributed by atoms with Crippen LogP contribution in [0.5, 0.6) is 5.75 Å². The molecule has 112 valence electrons. The number of urea groups is 1. The van der Waals surface area contributed by atoms with Crippen LogP contribution in [0.2, 0.25) is 0 Å². The zero-order valence-electron chi connectivity index (χ0n) is 10.9. The molecule has 0 radical (unpaired) electrons. The van der Waals surface area contributed by atoms with Crippen molar-refractivity contribution in [1.29, 1.82) is 0 Å². The predicted octanol–water partition coefficient (Wildman–Crippen LogP) is 2.32. The highest BCUT2D eigenvalue weighted by molar-refractivity contribution is 5.89. The van der Waals surface area contributed by atoms with Crippen molar-refractivity contribution in [2.75, 3.05) is 25.5 Å². The minimum atomic E-state index is -4.72. The fourth-order valence-electron chi connectivity index (χ4n) is 1.38. The Kier molecular flexibility index (Phi) is 6.10. The SMILES string of the molecule is CNCCCNC(=O)Nc1ccc(OC(F)(F)F)cc1. The molecule has 0 heterocycles. The molecular formula is C12H16F3N3O2. The van der Waals surface area contributed by atoms with Gasteiger partial charge in [0.1, 0.15) is 5.75 Å². The van der Waals surface area contributed by atoms with E-state index in [9.17, 15) is 18.0 Å². The average Bonchev–Trinajstić information content (AvgIpc) is 2.35. The fourth-order valence-corrected chi connectivity index (χ4v) is 1.38. The lowest BCUT2D eigenvalue weighted by molar-refractivity contribution is -0.274. The molecule has 20 heavy (non-hydrogen) atoms. The standard InChI is InChI=1S/C12H16F3N3O2/c1-16-7-2-8-17-11(19)18-9-3-5-10(6-4-9)20-12(13,14)15/h3-6,16H,2,7-8H2,1H3,(H2,17,18,19). The van der Waals surface area contributed by atoms with E-state index in [1.165, 1.54) is 12.1 Å². The molecule has 3 N–H and O–H groups in total. The molecule has 5 nitrogen and oxygen atoms in total. The second-order valence-electron chi connectivity index (χ2n) is 3.91. The van der Waals surface area contributed by atoms with Gasteiger partial charge in [0.2, 0.25) is 0 Å². The van der Waals surface area contributed by atoms with Crippen LogP contribution in [0.3, 0.4) is 0 Å². The zero-order valence-corrected chi connectivity index (χ0v) is 10.9. The number of halogens is 3. The van der Waals surface area contributed by atoms with Gasteiger partial charge in [-0.1, -0.05) is 0 Å². The van der Waals surface area contributed by atoms with Crippen LogP contribution in [-0.2, 0) is 0 Å². The Morgan fingerprint density at radius 2 is 1.85 bits per heavy atom. The molecular weight excluding hydrogens is 275 g/mol. The number of nitrogens with one attached hydrogen (secondary N) is 3. The second kappa shape index (κ2) is 7.59. The van der Waals surface area contributed by atoms with Gasteiger partial charge >= 0.3 is 12.4 Å². The summed E-state index contributed by atoms with van der Waals surface area (Å²) in [5, 5.41) is 8.06. The van der Waals surface area contributed by atoms with Gasteiger partial charge in [0.05, 0.1) is 0 Å². The van der Waals surface area contributed by atoms with Gasteiger partial charge in [-0.15, -0.1) is 13.2 Å². The monoisotopic (exact) mass is 291 g/mol. The van der Waals surface area contributed by atoms with Crippen molar-refractivity contribution in [2.45, 2.75) is 12.8 Å². The quantitative estimate of drug-likeness (QED) is 0.705. The third-order valence-electron chi connectivity index (χ3n) is 2.23. The summed E-state index contributed by atoms with van der Waals surface area (Å²) in [4.78, 5) is 11.4. The minimum Gasteiger partial charge on any atom is -0.406 e. The Bertz CT molecular complexity index is 421. The highest BCUT2D eigenvalue weighted by Crippen LogP contribution is 2.23. The number of anilines is 1. The third kappa shape index (κ3) is 6.83. The first kappa shape index (κ1) is 16.1. The lowest BCUT2D eigenvalue weighted by Crippen LogP contribution is -2.30. The van der Waals surface area contributed by atoms with Gasteiger partial charge in [-0.2, -0.15) is 0 Å².